The van der Waals surface area contributed by atoms with Crippen molar-refractivity contribution in [1.82, 2.24) is 30.2 Å². The molecule has 2 aromatic rings. The summed E-state index contributed by atoms with van der Waals surface area (Å²) in [5.74, 6) is -10.1. The predicted molar refractivity (Wildman–Crippen MR) is 209 cm³/mol. The number of cyclic esters (lactones) is 1. The zero-order valence-electron chi connectivity index (χ0n) is 34.8. The number of alkyl carbamates (subject to hydrolysis) is 1. The number of ether oxygens (including phenoxy) is 3. The molecule has 1 aromatic carbocycles. The molecule has 2 saturated carbocycles. The lowest BCUT2D eigenvalue weighted by molar-refractivity contribution is -0.144. The van der Waals surface area contributed by atoms with Crippen molar-refractivity contribution in [3.63, 3.8) is 0 Å². The van der Waals surface area contributed by atoms with Gasteiger partial charge in [0.25, 0.3) is 11.8 Å². The van der Waals surface area contributed by atoms with Gasteiger partial charge in [-0.1, -0.05) is 41.0 Å². The van der Waals surface area contributed by atoms with Gasteiger partial charge in [-0.05, 0) is 68.9 Å². The first-order valence-corrected chi connectivity index (χ1v) is 21.8. The summed E-state index contributed by atoms with van der Waals surface area (Å²) in [4.78, 5) is 66.2. The Hall–Kier alpha value is -4.49. The van der Waals surface area contributed by atoms with Crippen LogP contribution in [-0.4, -0.2) is 102 Å². The smallest absolute Gasteiger partial charge is 0.407 e. The van der Waals surface area contributed by atoms with Crippen molar-refractivity contribution in [1.29, 1.82) is 0 Å². The Kier molecular flexibility index (Phi) is 12.3. The standard InChI is InChI=1S/C40H54F4N6O9S/c1-8-23-27-19-50(28(23)32(51)48-39(18-24(39)31(41)42)35(53)49-60(55,56)38(6)15-16-38)34(52)30(37(3,4)5)47-36(54)58-20-21(2)11-9-10-14-40(43,44)29-33(59-27)46-26-17-22(57-7)12-13-25(26)45-29/h12-13,17,21,23-24,27-28,30-31H,8-11,14-16,18-20H2,1-7H3,(H,47,54)(H,48,51)(H,49,53). The van der Waals surface area contributed by atoms with Gasteiger partial charge in [-0.2, -0.15) is 8.78 Å². The molecule has 0 spiro atoms. The molecule has 1 aromatic heterocycles. The number of carbonyl (C=O) groups excluding carboxylic acids is 4. The average molecular weight is 871 g/mol. The average Bonchev–Trinajstić information content (AvgIpc) is 4.08. The summed E-state index contributed by atoms with van der Waals surface area (Å²) in [6.07, 6.45) is -5.16. The van der Waals surface area contributed by atoms with Gasteiger partial charge in [0.05, 0.1) is 42.0 Å². The van der Waals surface area contributed by atoms with Crippen LogP contribution in [0.2, 0.25) is 0 Å². The zero-order chi connectivity index (χ0) is 44.2. The second-order valence-electron chi connectivity index (χ2n) is 18.0. The van der Waals surface area contributed by atoms with Crippen LogP contribution in [-0.2, 0) is 35.1 Å². The highest BCUT2D eigenvalue weighted by atomic mass is 32.2. The molecule has 332 valence electrons. The van der Waals surface area contributed by atoms with E-state index in [1.807, 2.05) is 4.72 Å². The normalized spacial score (nSPS) is 29.6. The molecule has 2 aliphatic heterocycles. The van der Waals surface area contributed by atoms with Crippen molar-refractivity contribution < 1.29 is 59.4 Å². The van der Waals surface area contributed by atoms with E-state index < -0.39 is 123 Å². The molecule has 15 nitrogen and oxygen atoms in total. The van der Waals surface area contributed by atoms with Crippen LogP contribution < -0.4 is 24.8 Å². The Labute approximate surface area is 346 Å². The minimum atomic E-state index is -4.32. The summed E-state index contributed by atoms with van der Waals surface area (Å²) in [6, 6.07) is 1.55. The summed E-state index contributed by atoms with van der Waals surface area (Å²) < 4.78 is 105. The molecule has 20 heteroatoms. The summed E-state index contributed by atoms with van der Waals surface area (Å²) in [7, 11) is -2.90. The molecule has 3 heterocycles. The highest BCUT2D eigenvalue weighted by Gasteiger charge is 2.68. The summed E-state index contributed by atoms with van der Waals surface area (Å²) in [5.41, 5.74) is -3.87. The highest BCUT2D eigenvalue weighted by molar-refractivity contribution is 7.91. The maximum absolute atomic E-state index is 16.3. The van der Waals surface area contributed by atoms with E-state index in [1.54, 1.807) is 40.7 Å². The summed E-state index contributed by atoms with van der Waals surface area (Å²) >= 11 is 0. The fraction of sp³-hybridized carbons (Fsp3) is 0.700. The zero-order valence-corrected chi connectivity index (χ0v) is 35.6. The number of amides is 4. The lowest BCUT2D eigenvalue weighted by Crippen LogP contribution is -2.61. The number of fused-ring (bicyclic) bond motifs is 4. The van der Waals surface area contributed by atoms with Gasteiger partial charge in [0.1, 0.15) is 29.5 Å². The van der Waals surface area contributed by atoms with Crippen LogP contribution >= 0.6 is 0 Å². The SMILES string of the molecule is CCC1C2CN(C(=O)C(C(C)(C)C)NC(=O)OCC(C)CCCCC(F)(F)c3nc4ccc(OC)cc4nc3O2)C1C(=O)NC1(C(=O)NS(=O)(=O)C2(C)CC2)CC1C(F)F. The molecule has 4 amide bonds. The van der Waals surface area contributed by atoms with Gasteiger partial charge in [-0.25, -0.2) is 32.0 Å². The van der Waals surface area contributed by atoms with Crippen LogP contribution in [0.3, 0.4) is 0 Å². The van der Waals surface area contributed by atoms with Crippen LogP contribution in [0.25, 0.3) is 11.0 Å². The number of benzene rings is 1. The number of nitrogens with one attached hydrogen (secondary N) is 3. The van der Waals surface area contributed by atoms with Gasteiger partial charge in [-0.15, -0.1) is 0 Å². The number of rotatable bonds is 8. The fourth-order valence-electron chi connectivity index (χ4n) is 8.02. The third-order valence-electron chi connectivity index (χ3n) is 12.3. The first-order valence-electron chi connectivity index (χ1n) is 20.3. The Bertz CT molecular complexity index is 2120. The third kappa shape index (κ3) is 8.93. The minimum Gasteiger partial charge on any atom is -0.497 e. The number of nitrogens with zero attached hydrogens (tertiary/aromatic N) is 3. The molecular formula is C40H54F4N6O9S. The van der Waals surface area contributed by atoms with Gasteiger partial charge in [0, 0.05) is 18.4 Å². The van der Waals surface area contributed by atoms with Crippen molar-refractivity contribution in [2.75, 3.05) is 20.3 Å². The molecule has 2 bridgehead atoms. The number of alkyl halides is 4. The Balaban J connectivity index is 1.44. The number of hydrogen-bond donors (Lipinski definition) is 3. The number of aromatic nitrogens is 2. The number of carbonyl (C=O) groups is 4. The molecular weight excluding hydrogens is 817 g/mol. The molecule has 7 atom stereocenters. The summed E-state index contributed by atoms with van der Waals surface area (Å²) in [6.45, 7) is 9.29. The number of sulfonamides is 1. The largest absolute Gasteiger partial charge is 0.497 e. The Morgan fingerprint density at radius 2 is 1.80 bits per heavy atom. The van der Waals surface area contributed by atoms with E-state index in [0.29, 0.717) is 18.6 Å². The van der Waals surface area contributed by atoms with Crippen LogP contribution in [0.1, 0.15) is 98.6 Å². The topological polar surface area (TPSA) is 195 Å². The van der Waals surface area contributed by atoms with E-state index in [1.165, 1.54) is 26.2 Å². The van der Waals surface area contributed by atoms with E-state index in [0.717, 1.165) is 4.90 Å². The lowest BCUT2D eigenvalue weighted by atomic mass is 9.85. The van der Waals surface area contributed by atoms with Crippen molar-refractivity contribution in [3.05, 3.63) is 23.9 Å². The van der Waals surface area contributed by atoms with Gasteiger partial charge in [0.2, 0.25) is 34.1 Å². The number of methoxy groups -OCH3 is 1. The molecule has 3 fully saturated rings. The van der Waals surface area contributed by atoms with Gasteiger partial charge < -0.3 is 29.7 Å². The molecule has 4 aliphatic rings. The lowest BCUT2D eigenvalue weighted by Gasteiger charge is -2.36. The van der Waals surface area contributed by atoms with E-state index in [-0.39, 0.29) is 49.2 Å². The maximum atomic E-state index is 16.3. The van der Waals surface area contributed by atoms with Crippen molar-refractivity contribution >= 4 is 44.9 Å². The predicted octanol–water partition coefficient (Wildman–Crippen LogP) is 5.20. The van der Waals surface area contributed by atoms with Gasteiger partial charge in [-0.3, -0.25) is 19.1 Å². The molecule has 7 unspecified atom stereocenters. The second kappa shape index (κ2) is 16.4. The second-order valence-corrected chi connectivity index (χ2v) is 20.2. The highest BCUT2D eigenvalue weighted by Crippen LogP contribution is 2.50. The number of hydrogen-bond acceptors (Lipinski definition) is 11. The van der Waals surface area contributed by atoms with Crippen LogP contribution in [0, 0.1) is 23.2 Å². The van der Waals surface area contributed by atoms with Crippen LogP contribution in [0.15, 0.2) is 18.2 Å². The summed E-state index contributed by atoms with van der Waals surface area (Å²) in [5, 5.41) is 5.02. The van der Waals surface area contributed by atoms with Gasteiger partial charge >= 0.3 is 6.09 Å². The van der Waals surface area contributed by atoms with Crippen molar-refractivity contribution in [2.24, 2.45) is 23.2 Å². The van der Waals surface area contributed by atoms with Crippen LogP contribution in [0.5, 0.6) is 11.6 Å². The Morgan fingerprint density at radius 1 is 1.10 bits per heavy atom. The third-order valence-corrected chi connectivity index (χ3v) is 14.4. The van der Waals surface area contributed by atoms with Crippen LogP contribution in [0.4, 0.5) is 22.4 Å². The molecule has 0 radical (unpaired) electrons. The molecule has 3 N–H and O–H groups in total. The Morgan fingerprint density at radius 3 is 2.40 bits per heavy atom. The molecule has 6 rings (SSSR count). The van der Waals surface area contributed by atoms with E-state index in [9.17, 15) is 36.4 Å². The van der Waals surface area contributed by atoms with Gasteiger partial charge in [0.15, 0.2) is 5.69 Å². The number of halogens is 4. The first kappa shape index (κ1) is 45.0. The fourth-order valence-corrected chi connectivity index (χ4v) is 9.33. The van der Waals surface area contributed by atoms with E-state index in [2.05, 4.69) is 20.6 Å². The molecule has 2 aliphatic carbocycles. The minimum absolute atomic E-state index is 0.0465. The van der Waals surface area contributed by atoms with E-state index >= 15 is 8.78 Å². The van der Waals surface area contributed by atoms with Crippen molar-refractivity contribution in [3.8, 4) is 11.6 Å². The quantitative estimate of drug-likeness (QED) is 0.295. The molecule has 1 saturated heterocycles. The monoisotopic (exact) mass is 870 g/mol. The van der Waals surface area contributed by atoms with Crippen molar-refractivity contribution in [2.45, 2.75) is 134 Å². The van der Waals surface area contributed by atoms with E-state index in [4.69, 9.17) is 14.2 Å². The first-order chi connectivity index (χ1) is 28.0. The molecule has 60 heavy (non-hydrogen) atoms. The maximum Gasteiger partial charge on any atom is 0.407 e.